The van der Waals surface area contributed by atoms with Crippen LogP contribution < -0.4 is 11.1 Å². The van der Waals surface area contributed by atoms with Gasteiger partial charge >= 0.3 is 0 Å². The largest absolute Gasteiger partial charge is 0.409 e. The predicted molar refractivity (Wildman–Crippen MR) is 69.4 cm³/mol. The number of hydrogen-bond donors (Lipinski definition) is 4. The first-order valence-electron chi connectivity index (χ1n) is 6.42. The zero-order chi connectivity index (χ0) is 13.7. The van der Waals surface area contributed by atoms with Crippen molar-refractivity contribution in [3.05, 3.63) is 18.2 Å². The minimum atomic E-state index is -0.868. The van der Waals surface area contributed by atoms with Crippen molar-refractivity contribution in [2.75, 3.05) is 0 Å². The molecule has 0 atom stereocenters. The Hall–Kier alpha value is -2.05. The van der Waals surface area contributed by atoms with E-state index in [1.165, 1.54) is 0 Å². The highest BCUT2D eigenvalue weighted by Crippen LogP contribution is 2.36. The quantitative estimate of drug-likeness (QED) is 0.278. The zero-order valence-corrected chi connectivity index (χ0v) is 10.7. The van der Waals surface area contributed by atoms with E-state index < -0.39 is 5.41 Å². The molecule has 1 heterocycles. The Kier molecular flexibility index (Phi) is 4.03. The average Bonchev–Trinajstić information content (AvgIpc) is 2.97. The van der Waals surface area contributed by atoms with Gasteiger partial charge in [0.1, 0.15) is 5.41 Å². The predicted octanol–water partition coefficient (Wildman–Crippen LogP) is 0.723. The highest BCUT2D eigenvalue weighted by molar-refractivity contribution is 6.06. The molecule has 1 aliphatic carbocycles. The summed E-state index contributed by atoms with van der Waals surface area (Å²) in [6.45, 7) is 0.360. The number of aromatic nitrogens is 2. The Bertz CT molecular complexity index is 449. The van der Waals surface area contributed by atoms with Crippen LogP contribution in [0.2, 0.25) is 0 Å². The van der Waals surface area contributed by atoms with Crippen molar-refractivity contribution in [2.24, 2.45) is 16.3 Å². The van der Waals surface area contributed by atoms with Gasteiger partial charge in [0.2, 0.25) is 5.91 Å². The molecule has 0 saturated heterocycles. The Morgan fingerprint density at radius 2 is 2.26 bits per heavy atom. The van der Waals surface area contributed by atoms with Crippen LogP contribution in [-0.4, -0.2) is 26.9 Å². The van der Waals surface area contributed by atoms with Crippen molar-refractivity contribution < 1.29 is 10.0 Å². The molecule has 1 fully saturated rings. The van der Waals surface area contributed by atoms with Crippen molar-refractivity contribution in [3.63, 3.8) is 0 Å². The Balaban J connectivity index is 2.07. The van der Waals surface area contributed by atoms with Gasteiger partial charge in [-0.2, -0.15) is 0 Å². The first kappa shape index (κ1) is 13.4. The van der Waals surface area contributed by atoms with Crippen molar-refractivity contribution >= 4 is 11.7 Å². The van der Waals surface area contributed by atoms with Crippen molar-refractivity contribution in [1.29, 1.82) is 0 Å². The van der Waals surface area contributed by atoms with E-state index in [9.17, 15) is 4.79 Å². The van der Waals surface area contributed by atoms with E-state index in [4.69, 9.17) is 10.9 Å². The first-order chi connectivity index (χ1) is 9.19. The summed E-state index contributed by atoms with van der Waals surface area (Å²) < 4.78 is 0. The summed E-state index contributed by atoms with van der Waals surface area (Å²) >= 11 is 0. The van der Waals surface area contributed by atoms with Gasteiger partial charge in [-0.3, -0.25) is 4.79 Å². The summed E-state index contributed by atoms with van der Waals surface area (Å²) in [6, 6.07) is 0. The standard InChI is InChI=1S/C12H19N5O2/c13-10(17-19)12(4-2-1-3-5-12)11(18)15-7-9-6-14-8-16-9/h6,8,19H,1-5,7H2,(H2,13,17)(H,14,16)(H,15,18). The van der Waals surface area contributed by atoms with Gasteiger partial charge in [0, 0.05) is 6.20 Å². The van der Waals surface area contributed by atoms with Gasteiger partial charge in [0.05, 0.1) is 18.6 Å². The molecule has 2 rings (SSSR count). The number of rotatable bonds is 4. The summed E-state index contributed by atoms with van der Waals surface area (Å²) in [5.74, 6) is -0.175. The minimum Gasteiger partial charge on any atom is -0.409 e. The van der Waals surface area contributed by atoms with Crippen LogP contribution in [0.15, 0.2) is 17.7 Å². The summed E-state index contributed by atoms with van der Waals surface area (Å²) in [7, 11) is 0. The van der Waals surface area contributed by atoms with Crippen LogP contribution in [0.5, 0.6) is 0 Å². The fourth-order valence-corrected chi connectivity index (χ4v) is 2.58. The fraction of sp³-hybridized carbons (Fsp3) is 0.583. The molecule has 0 bridgehead atoms. The van der Waals surface area contributed by atoms with E-state index in [0.717, 1.165) is 25.0 Å². The Morgan fingerprint density at radius 1 is 1.53 bits per heavy atom. The van der Waals surface area contributed by atoms with Crippen LogP contribution in [0.3, 0.4) is 0 Å². The van der Waals surface area contributed by atoms with Gasteiger partial charge in [-0.25, -0.2) is 4.98 Å². The summed E-state index contributed by atoms with van der Waals surface area (Å²) in [5.41, 5.74) is 5.70. The zero-order valence-electron chi connectivity index (χ0n) is 10.7. The van der Waals surface area contributed by atoms with E-state index in [1.54, 1.807) is 12.5 Å². The molecule has 1 saturated carbocycles. The molecule has 0 aromatic carbocycles. The topological polar surface area (TPSA) is 116 Å². The number of H-pyrrole nitrogens is 1. The van der Waals surface area contributed by atoms with Crippen LogP contribution in [0, 0.1) is 5.41 Å². The molecule has 5 N–H and O–H groups in total. The maximum atomic E-state index is 12.4. The third kappa shape index (κ3) is 2.69. The van der Waals surface area contributed by atoms with E-state index in [1.807, 2.05) is 0 Å². The van der Waals surface area contributed by atoms with E-state index in [2.05, 4.69) is 20.4 Å². The molecule has 0 unspecified atom stereocenters. The number of nitrogens with zero attached hydrogens (tertiary/aromatic N) is 2. The number of carbonyl (C=O) groups is 1. The lowest BCUT2D eigenvalue weighted by Gasteiger charge is -2.34. The fourth-order valence-electron chi connectivity index (χ4n) is 2.58. The maximum Gasteiger partial charge on any atom is 0.234 e. The molecule has 1 aliphatic rings. The second-order valence-electron chi connectivity index (χ2n) is 4.89. The molecule has 7 nitrogen and oxygen atoms in total. The van der Waals surface area contributed by atoms with Crippen LogP contribution in [0.1, 0.15) is 37.8 Å². The lowest BCUT2D eigenvalue weighted by molar-refractivity contribution is -0.129. The van der Waals surface area contributed by atoms with Crippen LogP contribution in [0.4, 0.5) is 0 Å². The molecule has 104 valence electrons. The highest BCUT2D eigenvalue weighted by Gasteiger charge is 2.43. The maximum absolute atomic E-state index is 12.4. The summed E-state index contributed by atoms with van der Waals surface area (Å²) in [5, 5.41) is 14.8. The monoisotopic (exact) mass is 265 g/mol. The molecule has 0 radical (unpaired) electrons. The van der Waals surface area contributed by atoms with Crippen LogP contribution in [-0.2, 0) is 11.3 Å². The average molecular weight is 265 g/mol. The van der Waals surface area contributed by atoms with E-state index >= 15 is 0 Å². The lowest BCUT2D eigenvalue weighted by atomic mass is 9.72. The number of nitrogens with two attached hydrogens (primary N) is 1. The first-order valence-corrected chi connectivity index (χ1v) is 6.42. The normalized spacial score (nSPS) is 19.1. The number of nitrogens with one attached hydrogen (secondary N) is 2. The van der Waals surface area contributed by atoms with E-state index in [0.29, 0.717) is 19.4 Å². The number of amidine groups is 1. The Labute approximate surface area is 111 Å². The lowest BCUT2D eigenvalue weighted by Crippen LogP contribution is -2.50. The van der Waals surface area contributed by atoms with Crippen molar-refractivity contribution in [2.45, 2.75) is 38.6 Å². The molecular formula is C12H19N5O2. The van der Waals surface area contributed by atoms with Gasteiger partial charge in [0.25, 0.3) is 0 Å². The van der Waals surface area contributed by atoms with Gasteiger partial charge in [0.15, 0.2) is 5.84 Å². The molecule has 0 aliphatic heterocycles. The summed E-state index contributed by atoms with van der Waals surface area (Å²) in [4.78, 5) is 19.2. The second kappa shape index (κ2) is 5.73. The molecule has 7 heteroatoms. The van der Waals surface area contributed by atoms with Gasteiger partial charge < -0.3 is 21.2 Å². The number of carbonyl (C=O) groups excluding carboxylic acids is 1. The van der Waals surface area contributed by atoms with E-state index in [-0.39, 0.29) is 11.7 Å². The number of oxime groups is 1. The van der Waals surface area contributed by atoms with Crippen molar-refractivity contribution in [3.8, 4) is 0 Å². The van der Waals surface area contributed by atoms with Gasteiger partial charge in [-0.05, 0) is 12.8 Å². The SMILES string of the molecule is NC(=NO)C1(C(=O)NCc2cnc[nH]2)CCCCC1. The van der Waals surface area contributed by atoms with Crippen LogP contribution in [0.25, 0.3) is 0 Å². The minimum absolute atomic E-state index is 0.00862. The number of aromatic amines is 1. The molecule has 1 aromatic rings. The number of amides is 1. The molecule has 19 heavy (non-hydrogen) atoms. The third-order valence-corrected chi connectivity index (χ3v) is 3.73. The summed E-state index contributed by atoms with van der Waals surface area (Å²) in [6.07, 6.45) is 7.35. The van der Waals surface area contributed by atoms with Crippen LogP contribution >= 0.6 is 0 Å². The van der Waals surface area contributed by atoms with Gasteiger partial charge in [-0.1, -0.05) is 24.4 Å². The molecule has 1 amide bonds. The smallest absolute Gasteiger partial charge is 0.234 e. The molecule has 1 aromatic heterocycles. The number of hydrogen-bond acceptors (Lipinski definition) is 4. The van der Waals surface area contributed by atoms with Gasteiger partial charge in [-0.15, -0.1) is 0 Å². The Morgan fingerprint density at radius 3 is 2.84 bits per heavy atom. The highest BCUT2D eigenvalue weighted by atomic mass is 16.4. The molecular weight excluding hydrogens is 246 g/mol. The number of imidazole rings is 1. The third-order valence-electron chi connectivity index (χ3n) is 3.73. The second-order valence-corrected chi connectivity index (χ2v) is 4.89. The molecule has 0 spiro atoms. The van der Waals surface area contributed by atoms with Crippen molar-refractivity contribution in [1.82, 2.24) is 15.3 Å².